The van der Waals surface area contributed by atoms with Crippen molar-refractivity contribution in [1.82, 2.24) is 20.6 Å². The van der Waals surface area contributed by atoms with Gasteiger partial charge in [-0.15, -0.1) is 0 Å². The lowest BCUT2D eigenvalue weighted by atomic mass is 10.00. The average Bonchev–Trinajstić information content (AvgIpc) is 3.05. The summed E-state index contributed by atoms with van der Waals surface area (Å²) in [6.45, 7) is 7.59. The van der Waals surface area contributed by atoms with Crippen molar-refractivity contribution in [2.24, 2.45) is 17.6 Å². The van der Waals surface area contributed by atoms with E-state index in [1.807, 2.05) is 27.7 Å². The van der Waals surface area contributed by atoms with E-state index in [2.05, 4.69) is 20.6 Å². The molecule has 152 valence electrons. The minimum Gasteiger partial charge on any atom is -0.480 e. The number of H-pyrrole nitrogens is 1. The van der Waals surface area contributed by atoms with Gasteiger partial charge in [0.15, 0.2) is 0 Å². The molecule has 6 N–H and O–H groups in total. The number of hydrogen-bond acceptors (Lipinski definition) is 5. The second-order valence-corrected chi connectivity index (χ2v) is 7.61. The highest BCUT2D eigenvalue weighted by molar-refractivity contribution is 5.91. The standard InChI is InChI=1S/C18H31N5O4/c1-10(2)5-14(17(25)23-15(18(26)27)6-11(3)4)22-16(24)13(19)7-12-8-20-9-21-12/h8-11,13-15H,5-7,19H2,1-4H3,(H,20,21)(H,22,24)(H,23,25)(H,26,27). The van der Waals surface area contributed by atoms with Gasteiger partial charge in [0.2, 0.25) is 11.8 Å². The zero-order valence-corrected chi connectivity index (χ0v) is 16.4. The van der Waals surface area contributed by atoms with Crippen LogP contribution in [0.3, 0.4) is 0 Å². The van der Waals surface area contributed by atoms with Crippen LogP contribution in [0.15, 0.2) is 12.5 Å². The minimum absolute atomic E-state index is 0.104. The van der Waals surface area contributed by atoms with E-state index in [9.17, 15) is 19.5 Å². The predicted molar refractivity (Wildman–Crippen MR) is 101 cm³/mol. The number of imidazole rings is 1. The monoisotopic (exact) mass is 381 g/mol. The number of carboxylic acid groups (broad SMARTS) is 1. The highest BCUT2D eigenvalue weighted by Gasteiger charge is 2.29. The number of carbonyl (C=O) groups is 3. The van der Waals surface area contributed by atoms with Crippen LogP contribution in [0.1, 0.15) is 46.2 Å². The Bertz CT molecular complexity index is 615. The number of hydrogen-bond donors (Lipinski definition) is 5. The summed E-state index contributed by atoms with van der Waals surface area (Å²) in [5.41, 5.74) is 6.63. The molecule has 2 amide bonds. The van der Waals surface area contributed by atoms with Gasteiger partial charge in [0, 0.05) is 18.3 Å². The van der Waals surface area contributed by atoms with Gasteiger partial charge in [-0.25, -0.2) is 9.78 Å². The Labute approximate surface area is 159 Å². The van der Waals surface area contributed by atoms with Gasteiger partial charge in [0.1, 0.15) is 12.1 Å². The SMILES string of the molecule is CC(C)CC(NC(=O)C(CC(C)C)NC(=O)C(N)Cc1cnc[nH]1)C(=O)O. The van der Waals surface area contributed by atoms with Crippen LogP contribution in [0.25, 0.3) is 0 Å². The van der Waals surface area contributed by atoms with Crippen LogP contribution < -0.4 is 16.4 Å². The lowest BCUT2D eigenvalue weighted by molar-refractivity contribution is -0.142. The Morgan fingerprint density at radius 3 is 2.11 bits per heavy atom. The van der Waals surface area contributed by atoms with E-state index >= 15 is 0 Å². The number of aliphatic carboxylic acids is 1. The molecule has 3 atom stereocenters. The van der Waals surface area contributed by atoms with E-state index in [-0.39, 0.29) is 18.3 Å². The van der Waals surface area contributed by atoms with E-state index in [0.29, 0.717) is 18.5 Å². The molecule has 1 aromatic rings. The van der Waals surface area contributed by atoms with Crippen molar-refractivity contribution in [2.45, 2.75) is 65.1 Å². The van der Waals surface area contributed by atoms with Crippen LogP contribution in [0.4, 0.5) is 0 Å². The maximum absolute atomic E-state index is 12.6. The Balaban J connectivity index is 2.76. The first-order chi connectivity index (χ1) is 12.6. The molecule has 0 saturated heterocycles. The molecular weight excluding hydrogens is 350 g/mol. The maximum Gasteiger partial charge on any atom is 0.326 e. The number of amides is 2. The van der Waals surface area contributed by atoms with Gasteiger partial charge in [-0.1, -0.05) is 27.7 Å². The Hall–Kier alpha value is -2.42. The van der Waals surface area contributed by atoms with Gasteiger partial charge in [0.25, 0.3) is 0 Å². The third-order valence-corrected chi connectivity index (χ3v) is 3.99. The zero-order valence-electron chi connectivity index (χ0n) is 16.4. The van der Waals surface area contributed by atoms with Gasteiger partial charge < -0.3 is 26.5 Å². The van der Waals surface area contributed by atoms with E-state index in [1.54, 1.807) is 6.20 Å². The third kappa shape index (κ3) is 8.21. The number of aromatic amines is 1. The highest BCUT2D eigenvalue weighted by atomic mass is 16.4. The normalized spacial score (nSPS) is 14.6. The number of nitrogens with two attached hydrogens (primary N) is 1. The molecule has 27 heavy (non-hydrogen) atoms. The number of nitrogens with one attached hydrogen (secondary N) is 3. The Morgan fingerprint density at radius 2 is 1.63 bits per heavy atom. The van der Waals surface area contributed by atoms with Crippen molar-refractivity contribution in [3.05, 3.63) is 18.2 Å². The van der Waals surface area contributed by atoms with Crippen LogP contribution in [0, 0.1) is 11.8 Å². The van der Waals surface area contributed by atoms with Crippen molar-refractivity contribution in [1.29, 1.82) is 0 Å². The van der Waals surface area contributed by atoms with Gasteiger partial charge in [-0.3, -0.25) is 9.59 Å². The number of carbonyl (C=O) groups excluding carboxylic acids is 2. The van der Waals surface area contributed by atoms with Crippen molar-refractivity contribution >= 4 is 17.8 Å². The summed E-state index contributed by atoms with van der Waals surface area (Å²) in [4.78, 5) is 43.1. The molecule has 9 heteroatoms. The fourth-order valence-electron chi connectivity index (χ4n) is 2.67. The van der Waals surface area contributed by atoms with Crippen molar-refractivity contribution in [3.8, 4) is 0 Å². The van der Waals surface area contributed by atoms with Gasteiger partial charge in [0.05, 0.1) is 12.4 Å². The molecule has 1 aromatic heterocycles. The summed E-state index contributed by atoms with van der Waals surface area (Å²) >= 11 is 0. The summed E-state index contributed by atoms with van der Waals surface area (Å²) < 4.78 is 0. The van der Waals surface area contributed by atoms with Crippen molar-refractivity contribution < 1.29 is 19.5 Å². The molecule has 0 spiro atoms. The van der Waals surface area contributed by atoms with Gasteiger partial charge in [-0.05, 0) is 24.7 Å². The van der Waals surface area contributed by atoms with E-state index in [4.69, 9.17) is 5.73 Å². The van der Waals surface area contributed by atoms with Crippen LogP contribution >= 0.6 is 0 Å². The van der Waals surface area contributed by atoms with Crippen LogP contribution in [-0.2, 0) is 20.8 Å². The third-order valence-electron chi connectivity index (χ3n) is 3.99. The number of aromatic nitrogens is 2. The molecule has 0 fully saturated rings. The first-order valence-electron chi connectivity index (χ1n) is 9.16. The maximum atomic E-state index is 12.6. The fourth-order valence-corrected chi connectivity index (χ4v) is 2.67. The molecule has 1 rings (SSSR count). The molecule has 0 aromatic carbocycles. The lowest BCUT2D eigenvalue weighted by Gasteiger charge is -2.24. The summed E-state index contributed by atoms with van der Waals surface area (Å²) in [6.07, 6.45) is 4.02. The van der Waals surface area contributed by atoms with E-state index in [1.165, 1.54) is 6.33 Å². The molecule has 0 aliphatic carbocycles. The first-order valence-corrected chi connectivity index (χ1v) is 9.16. The molecule has 9 nitrogen and oxygen atoms in total. The van der Waals surface area contributed by atoms with Gasteiger partial charge >= 0.3 is 5.97 Å². The minimum atomic E-state index is -1.09. The van der Waals surface area contributed by atoms with Gasteiger partial charge in [-0.2, -0.15) is 0 Å². The van der Waals surface area contributed by atoms with Crippen LogP contribution in [-0.4, -0.2) is 51.0 Å². The predicted octanol–water partition coefficient (Wildman–Crippen LogP) is 0.426. The highest BCUT2D eigenvalue weighted by Crippen LogP contribution is 2.09. The topological polar surface area (TPSA) is 150 Å². The summed E-state index contributed by atoms with van der Waals surface area (Å²) in [5, 5.41) is 14.5. The summed E-state index contributed by atoms with van der Waals surface area (Å²) in [5.74, 6) is -1.85. The molecule has 0 aliphatic heterocycles. The first kappa shape index (κ1) is 22.6. The average molecular weight is 381 g/mol. The largest absolute Gasteiger partial charge is 0.480 e. The molecule has 0 radical (unpaired) electrons. The quantitative estimate of drug-likeness (QED) is 0.375. The van der Waals surface area contributed by atoms with Crippen LogP contribution in [0.5, 0.6) is 0 Å². The number of nitrogens with zero attached hydrogens (tertiary/aromatic N) is 1. The second kappa shape index (κ2) is 10.7. The van der Waals surface area contributed by atoms with E-state index in [0.717, 1.165) is 0 Å². The summed E-state index contributed by atoms with van der Waals surface area (Å²) in [6, 6.07) is -2.69. The zero-order chi connectivity index (χ0) is 20.6. The van der Waals surface area contributed by atoms with Crippen molar-refractivity contribution in [2.75, 3.05) is 0 Å². The summed E-state index contributed by atoms with van der Waals surface area (Å²) in [7, 11) is 0. The second-order valence-electron chi connectivity index (χ2n) is 7.61. The Morgan fingerprint density at radius 1 is 1.07 bits per heavy atom. The lowest BCUT2D eigenvalue weighted by Crippen LogP contribution is -2.55. The molecule has 3 unspecified atom stereocenters. The molecular formula is C18H31N5O4. The molecule has 1 heterocycles. The Kier molecular flexibility index (Phi) is 8.93. The number of rotatable bonds is 11. The number of carboxylic acids is 1. The molecule has 0 aliphatic rings. The molecule has 0 bridgehead atoms. The smallest absolute Gasteiger partial charge is 0.326 e. The van der Waals surface area contributed by atoms with E-state index < -0.39 is 35.9 Å². The van der Waals surface area contributed by atoms with Crippen LogP contribution in [0.2, 0.25) is 0 Å². The molecule has 0 saturated carbocycles. The van der Waals surface area contributed by atoms with Crippen molar-refractivity contribution in [3.63, 3.8) is 0 Å². The fraction of sp³-hybridized carbons (Fsp3) is 0.667.